The molecule has 0 aliphatic rings. The van der Waals surface area contributed by atoms with Crippen LogP contribution >= 0.6 is 28.3 Å². The molecule has 0 saturated carbocycles. The maximum Gasteiger partial charge on any atom is 0.490 e. The van der Waals surface area contributed by atoms with Crippen molar-refractivity contribution in [1.29, 1.82) is 0 Å². The predicted molar refractivity (Wildman–Crippen MR) is 349 cm³/mol. The Morgan fingerprint density at radius 1 is 0.500 bits per heavy atom. The molecule has 12 aromatic rings. The molecule has 2 amide bonds. The van der Waals surface area contributed by atoms with Gasteiger partial charge in [0.05, 0.1) is 52.3 Å². The molecule has 88 heavy (non-hydrogen) atoms. The number of para-hydroxylation sites is 3. The van der Waals surface area contributed by atoms with Crippen molar-refractivity contribution in [3.63, 3.8) is 0 Å². The Hall–Kier alpha value is -9.57. The number of nitrogens with one attached hydrogen (secondary N) is 2. The molecule has 18 nitrogen and oxygen atoms in total. The number of nitrogens with two attached hydrogens (primary N) is 1. The summed E-state index contributed by atoms with van der Waals surface area (Å²) in [4.78, 5) is 73.3. The molecule has 0 saturated heterocycles. The highest BCUT2D eigenvalue weighted by molar-refractivity contribution is 9.10. The number of hydrogen-bond acceptors (Lipinski definition) is 16. The normalized spacial score (nSPS) is 11.1. The van der Waals surface area contributed by atoms with Crippen molar-refractivity contribution in [3.05, 3.63) is 235 Å². The Kier molecular flexibility index (Phi) is 20.7. The van der Waals surface area contributed by atoms with E-state index in [0.29, 0.717) is 55.7 Å². The van der Waals surface area contributed by atoms with Gasteiger partial charge in [0.2, 0.25) is 0 Å². The lowest BCUT2D eigenvalue weighted by Gasteiger charge is -2.19. The fraction of sp³-hybridized carbons (Fsp3) is 0.164. The highest BCUT2D eigenvalue weighted by Crippen LogP contribution is 2.28. The second-order valence-corrected chi connectivity index (χ2v) is 22.8. The van der Waals surface area contributed by atoms with Gasteiger partial charge in [0.1, 0.15) is 45.2 Å². The summed E-state index contributed by atoms with van der Waals surface area (Å²) in [6.07, 6.45) is 3.96. The Morgan fingerprint density at radius 3 is 1.30 bits per heavy atom. The van der Waals surface area contributed by atoms with Gasteiger partial charge in [0.25, 0.3) is 0 Å². The highest BCUT2D eigenvalue weighted by atomic mass is 79.9. The minimum absolute atomic E-state index is 0. The lowest BCUT2D eigenvalue weighted by atomic mass is 9.81. The SMILES string of the molecule is CC(C)(C)OC(=O)NCc1cc(=O)c2cc(-c3cnc4ccccc4c3)ccc2o1.CC(C)(C)OC(=O)NCc1cc(=O)c2cc(Br)ccc2o1.Cl.NCc1cc(=O)c2cc(-c3cnc4ccccc4c3)ccc2o1.OB(O)c1cnc2ccccc2c1. The van der Waals surface area contributed by atoms with Crippen molar-refractivity contribution in [2.75, 3.05) is 0 Å². The number of carbonyl (C=O) groups is 2. The number of hydrogen-bond donors (Lipinski definition) is 5. The Bertz CT molecular complexity index is 4700. The fourth-order valence-electron chi connectivity index (χ4n) is 8.86. The van der Waals surface area contributed by atoms with Crippen molar-refractivity contribution in [2.45, 2.75) is 72.4 Å². The molecule has 6 N–H and O–H groups in total. The third kappa shape index (κ3) is 17.1. The van der Waals surface area contributed by atoms with E-state index in [-0.39, 0.29) is 48.3 Å². The van der Waals surface area contributed by atoms with E-state index in [0.717, 1.165) is 59.4 Å². The van der Waals surface area contributed by atoms with Crippen LogP contribution in [0.2, 0.25) is 0 Å². The van der Waals surface area contributed by atoms with Gasteiger partial charge < -0.3 is 49.1 Å². The van der Waals surface area contributed by atoms with Crippen LogP contribution in [0.15, 0.2) is 214 Å². The third-order valence-electron chi connectivity index (χ3n) is 12.9. The molecule has 6 heterocycles. The van der Waals surface area contributed by atoms with Crippen LogP contribution < -0.4 is 38.1 Å². The van der Waals surface area contributed by atoms with Crippen LogP contribution in [0, 0.1) is 0 Å². The number of nitrogens with zero attached hydrogens (tertiary/aromatic N) is 3. The molecule has 0 bridgehead atoms. The zero-order valence-corrected chi connectivity index (χ0v) is 51.1. The van der Waals surface area contributed by atoms with Crippen molar-refractivity contribution >= 4 is 119 Å². The number of pyridine rings is 3. The van der Waals surface area contributed by atoms with Crippen LogP contribution in [-0.2, 0) is 29.1 Å². The quantitative estimate of drug-likeness (QED) is 0.0885. The maximum atomic E-state index is 12.6. The first kappa shape index (κ1) is 64.4. The van der Waals surface area contributed by atoms with Gasteiger partial charge in [0, 0.05) is 68.6 Å². The van der Waals surface area contributed by atoms with Gasteiger partial charge in [-0.3, -0.25) is 29.3 Å². The van der Waals surface area contributed by atoms with Gasteiger partial charge in [-0.2, -0.15) is 0 Å². The van der Waals surface area contributed by atoms with Crippen molar-refractivity contribution in [3.8, 4) is 22.3 Å². The summed E-state index contributed by atoms with van der Waals surface area (Å²) in [5.74, 6) is 1.22. The van der Waals surface area contributed by atoms with Crippen LogP contribution in [0.3, 0.4) is 0 Å². The molecule has 6 aromatic carbocycles. The summed E-state index contributed by atoms with van der Waals surface area (Å²) in [6, 6.07) is 49.6. The Labute approximate surface area is 519 Å². The van der Waals surface area contributed by atoms with Gasteiger partial charge in [-0.1, -0.05) is 88.7 Å². The summed E-state index contributed by atoms with van der Waals surface area (Å²) >= 11 is 3.31. The van der Waals surface area contributed by atoms with E-state index in [4.69, 9.17) is 38.5 Å². The van der Waals surface area contributed by atoms with Gasteiger partial charge in [-0.05, 0) is 131 Å². The van der Waals surface area contributed by atoms with Crippen LogP contribution in [0.4, 0.5) is 9.59 Å². The van der Waals surface area contributed by atoms with Crippen molar-refractivity contribution < 1.29 is 42.4 Å². The minimum atomic E-state index is -1.45. The van der Waals surface area contributed by atoms with E-state index in [1.54, 1.807) is 90.2 Å². The molecule has 6 aromatic heterocycles. The van der Waals surface area contributed by atoms with Crippen LogP contribution in [-0.4, -0.2) is 55.5 Å². The standard InChI is InChI=1S/C24H22N2O4.C19H14N2O2.C15H16BrNO4.C9H8BNO2.ClH/c1-24(2,3)30-23(28)26-14-18-12-21(27)19-11-15(8-9-22(19)29-18)17-10-16-6-4-5-7-20(16)25-13-17;20-10-15-9-18(22)16-8-12(5-6-19(16)23-15)14-7-13-3-1-2-4-17(13)21-11-14;1-15(2,3)21-14(19)17-8-10-7-12(18)11-6-9(16)4-5-13(11)20-10;12-10(13)8-5-7-3-1-2-4-9(7)11-6-8;/h4-13H,14H2,1-3H3,(H,26,28);1-9,11H,10,20H2;4-7H,8H2,1-3H3,(H,17,19);1-6,12-13H;1H. The van der Waals surface area contributed by atoms with E-state index in [2.05, 4.69) is 47.6 Å². The summed E-state index contributed by atoms with van der Waals surface area (Å²) in [7, 11) is -1.45. The lowest BCUT2D eigenvalue weighted by Crippen LogP contribution is -2.32. The van der Waals surface area contributed by atoms with Crippen molar-refractivity contribution in [1.82, 2.24) is 25.6 Å². The predicted octanol–water partition coefficient (Wildman–Crippen LogP) is 12.4. The van der Waals surface area contributed by atoms with Gasteiger partial charge in [-0.15, -0.1) is 12.4 Å². The average molecular weight is 1270 g/mol. The molecular formula is C67H61BBrClN6O12. The molecule has 0 aliphatic carbocycles. The zero-order chi connectivity index (χ0) is 62.0. The smallest absolute Gasteiger partial charge is 0.459 e. The first-order valence-electron chi connectivity index (χ1n) is 27.5. The van der Waals surface area contributed by atoms with E-state index in [1.165, 1.54) is 24.4 Å². The van der Waals surface area contributed by atoms with E-state index in [1.807, 2.05) is 103 Å². The fourth-order valence-corrected chi connectivity index (χ4v) is 9.22. The van der Waals surface area contributed by atoms with Crippen molar-refractivity contribution in [2.24, 2.45) is 5.73 Å². The van der Waals surface area contributed by atoms with E-state index in [9.17, 15) is 24.0 Å². The molecule has 448 valence electrons. The third-order valence-corrected chi connectivity index (χ3v) is 13.4. The molecule has 12 rings (SSSR count). The summed E-state index contributed by atoms with van der Waals surface area (Å²) in [6.45, 7) is 11.1. The molecule has 0 unspecified atom stereocenters. The lowest BCUT2D eigenvalue weighted by molar-refractivity contribution is 0.0509. The highest BCUT2D eigenvalue weighted by Gasteiger charge is 2.19. The molecule has 0 aliphatic heterocycles. The minimum Gasteiger partial charge on any atom is -0.459 e. The molecule has 0 fully saturated rings. The van der Waals surface area contributed by atoms with Crippen LogP contribution in [0.1, 0.15) is 58.8 Å². The molecule has 21 heteroatoms. The molecule has 0 atom stereocenters. The second-order valence-electron chi connectivity index (χ2n) is 21.9. The monoisotopic (exact) mass is 1270 g/mol. The average Bonchev–Trinajstić information content (AvgIpc) is 2.64. The maximum absolute atomic E-state index is 12.6. The molecular weight excluding hydrogens is 1210 g/mol. The van der Waals surface area contributed by atoms with Crippen LogP contribution in [0.25, 0.3) is 87.9 Å². The first-order chi connectivity index (χ1) is 41.5. The number of fused-ring (bicyclic) bond motifs is 6. The number of ether oxygens (including phenoxy) is 2. The number of rotatable bonds is 8. The van der Waals surface area contributed by atoms with Gasteiger partial charge >= 0.3 is 19.3 Å². The second kappa shape index (κ2) is 28.3. The van der Waals surface area contributed by atoms with Gasteiger partial charge in [0.15, 0.2) is 16.3 Å². The number of halogens is 2. The largest absolute Gasteiger partial charge is 0.490 e. The Balaban J connectivity index is 0.000000157. The topological polar surface area (TPSA) is 272 Å². The van der Waals surface area contributed by atoms with Gasteiger partial charge in [-0.25, -0.2) is 9.59 Å². The summed E-state index contributed by atoms with van der Waals surface area (Å²) in [5, 5.41) is 27.5. The number of aromatic nitrogens is 3. The van der Waals surface area contributed by atoms with Crippen LogP contribution in [0.5, 0.6) is 0 Å². The summed E-state index contributed by atoms with van der Waals surface area (Å²) in [5.41, 5.74) is 12.3. The number of carbonyl (C=O) groups excluding carboxylic acids is 2. The van der Waals surface area contributed by atoms with E-state index < -0.39 is 30.5 Å². The Morgan fingerprint density at radius 2 is 0.875 bits per heavy atom. The summed E-state index contributed by atoms with van der Waals surface area (Å²) < 4.78 is 28.1. The number of benzene rings is 6. The number of alkyl carbamates (subject to hydrolysis) is 2. The molecule has 0 spiro atoms. The molecule has 0 radical (unpaired) electrons. The zero-order valence-electron chi connectivity index (χ0n) is 48.7. The number of amides is 2. The first-order valence-corrected chi connectivity index (χ1v) is 28.2. The van der Waals surface area contributed by atoms with E-state index >= 15 is 0 Å².